The van der Waals surface area contributed by atoms with Gasteiger partial charge in [-0.15, -0.1) is 0 Å². The van der Waals surface area contributed by atoms with Crippen LogP contribution in [0.1, 0.15) is 34.5 Å². The van der Waals surface area contributed by atoms with Gasteiger partial charge >= 0.3 is 0 Å². The molecule has 0 aromatic heterocycles. The zero-order valence-electron chi connectivity index (χ0n) is 18.1. The van der Waals surface area contributed by atoms with Crippen LogP contribution in [0.25, 0.3) is 0 Å². The van der Waals surface area contributed by atoms with Crippen LogP contribution in [-0.4, -0.2) is 51.4 Å². The second-order valence-electron chi connectivity index (χ2n) is 7.32. The Labute approximate surface area is 181 Å². The van der Waals surface area contributed by atoms with E-state index in [0.717, 1.165) is 11.1 Å². The Bertz CT molecular complexity index is 972. The molecule has 3 rings (SSSR count). The quantitative estimate of drug-likeness (QED) is 0.532. The van der Waals surface area contributed by atoms with Crippen LogP contribution in [0, 0.1) is 17.0 Å². The minimum Gasteiger partial charge on any atom is -0.493 e. The molecule has 1 N–H and O–H groups in total. The van der Waals surface area contributed by atoms with Gasteiger partial charge in [-0.2, -0.15) is 0 Å². The first kappa shape index (κ1) is 22.4. The summed E-state index contributed by atoms with van der Waals surface area (Å²) in [6.45, 7) is 6.09. The number of morpholine rings is 1. The number of anilines is 1. The number of carbonyl (C=O) groups excluding carboxylic acids is 1. The minimum atomic E-state index is -0.498. The predicted octanol–water partition coefficient (Wildman–Crippen LogP) is 3.25. The summed E-state index contributed by atoms with van der Waals surface area (Å²) in [5, 5.41) is 14.3. The van der Waals surface area contributed by atoms with Gasteiger partial charge in [0, 0.05) is 25.2 Å². The number of nitrogens with one attached hydrogen (secondary N) is 1. The number of hydrogen-bond donors (Lipinski definition) is 1. The fraction of sp³-hybridized carbons (Fsp3) is 0.409. The van der Waals surface area contributed by atoms with Crippen molar-refractivity contribution in [3.8, 4) is 11.5 Å². The van der Waals surface area contributed by atoms with E-state index in [-0.39, 0.29) is 23.2 Å². The van der Waals surface area contributed by atoms with Gasteiger partial charge in [-0.3, -0.25) is 14.9 Å². The van der Waals surface area contributed by atoms with Gasteiger partial charge in [0.1, 0.15) is 0 Å². The number of methoxy groups -OCH3 is 2. The second-order valence-corrected chi connectivity index (χ2v) is 7.32. The molecule has 1 aliphatic heterocycles. The minimum absolute atomic E-state index is 0.128. The zero-order valence-corrected chi connectivity index (χ0v) is 18.1. The van der Waals surface area contributed by atoms with Gasteiger partial charge in [-0.25, -0.2) is 0 Å². The first-order valence-corrected chi connectivity index (χ1v) is 10.00. The first-order chi connectivity index (χ1) is 14.8. The van der Waals surface area contributed by atoms with E-state index in [4.69, 9.17) is 14.2 Å². The molecule has 1 amide bonds. The van der Waals surface area contributed by atoms with Crippen LogP contribution in [0.3, 0.4) is 0 Å². The van der Waals surface area contributed by atoms with Crippen molar-refractivity contribution >= 4 is 17.3 Å². The zero-order chi connectivity index (χ0) is 22.5. The lowest BCUT2D eigenvalue weighted by atomic mass is 10.0. The number of ether oxygens (including phenoxy) is 3. The van der Waals surface area contributed by atoms with Gasteiger partial charge in [0.2, 0.25) is 0 Å². The summed E-state index contributed by atoms with van der Waals surface area (Å²) >= 11 is 0. The van der Waals surface area contributed by atoms with Gasteiger partial charge in [-0.05, 0) is 43.2 Å². The molecular formula is C22H27N3O6. The van der Waals surface area contributed by atoms with Gasteiger partial charge in [0.05, 0.1) is 49.6 Å². The number of hydrogen-bond acceptors (Lipinski definition) is 7. The number of nitro groups is 1. The Morgan fingerprint density at radius 1 is 1.16 bits per heavy atom. The third-order valence-electron chi connectivity index (χ3n) is 5.37. The van der Waals surface area contributed by atoms with E-state index >= 15 is 0 Å². The number of benzene rings is 2. The van der Waals surface area contributed by atoms with Crippen molar-refractivity contribution in [2.75, 3.05) is 45.4 Å². The van der Waals surface area contributed by atoms with E-state index in [1.165, 1.54) is 12.1 Å². The first-order valence-electron chi connectivity index (χ1n) is 10.00. The Morgan fingerprint density at radius 2 is 1.81 bits per heavy atom. The standard InChI is InChI=1S/C22H27N3O6/c1-14-11-20(29-3)21(30-4)13-17(14)15(2)23-22(26)18-12-16(25(27)28)5-6-19(18)24-7-9-31-10-8-24/h5-6,11-13,15H,7-10H2,1-4H3,(H,23,26)/t15-/m0/s1. The molecule has 2 aromatic carbocycles. The van der Waals surface area contributed by atoms with Crippen LogP contribution < -0.4 is 19.7 Å². The smallest absolute Gasteiger partial charge is 0.270 e. The molecule has 31 heavy (non-hydrogen) atoms. The van der Waals surface area contributed by atoms with E-state index in [9.17, 15) is 14.9 Å². The summed E-state index contributed by atoms with van der Waals surface area (Å²) in [6.07, 6.45) is 0. The molecule has 0 radical (unpaired) electrons. The number of rotatable bonds is 7. The summed E-state index contributed by atoms with van der Waals surface area (Å²) in [6, 6.07) is 7.70. The molecule has 166 valence electrons. The lowest BCUT2D eigenvalue weighted by molar-refractivity contribution is -0.384. The largest absolute Gasteiger partial charge is 0.493 e. The van der Waals surface area contributed by atoms with Gasteiger partial charge in [0.15, 0.2) is 11.5 Å². The molecule has 0 aliphatic carbocycles. The number of nitrogens with zero attached hydrogens (tertiary/aromatic N) is 2. The maximum atomic E-state index is 13.2. The van der Waals surface area contributed by atoms with Crippen molar-refractivity contribution in [2.45, 2.75) is 19.9 Å². The van der Waals surface area contributed by atoms with Gasteiger partial charge < -0.3 is 24.4 Å². The highest BCUT2D eigenvalue weighted by atomic mass is 16.6. The number of non-ortho nitro benzene ring substituents is 1. The number of nitro benzene ring substituents is 1. The topological polar surface area (TPSA) is 103 Å². The molecule has 0 bridgehead atoms. The molecule has 1 saturated heterocycles. The highest BCUT2D eigenvalue weighted by Crippen LogP contribution is 2.33. The predicted molar refractivity (Wildman–Crippen MR) is 116 cm³/mol. The Morgan fingerprint density at radius 3 is 2.42 bits per heavy atom. The SMILES string of the molecule is COc1cc(C)c([C@H](C)NC(=O)c2cc([N+](=O)[O-])ccc2N2CCOCC2)cc1OC. The van der Waals surface area contributed by atoms with Crippen LogP contribution in [0.2, 0.25) is 0 Å². The summed E-state index contributed by atoms with van der Waals surface area (Å²) in [5.74, 6) is 0.788. The van der Waals surface area contributed by atoms with E-state index in [0.29, 0.717) is 43.5 Å². The Hall–Kier alpha value is -3.33. The van der Waals surface area contributed by atoms with Crippen LogP contribution in [0.4, 0.5) is 11.4 Å². The molecule has 1 heterocycles. The molecular weight excluding hydrogens is 402 g/mol. The highest BCUT2D eigenvalue weighted by Gasteiger charge is 2.24. The molecule has 9 heteroatoms. The van der Waals surface area contributed by atoms with E-state index in [1.54, 1.807) is 20.3 Å². The van der Waals surface area contributed by atoms with Crippen molar-refractivity contribution in [1.29, 1.82) is 0 Å². The number of amides is 1. The van der Waals surface area contributed by atoms with Crippen molar-refractivity contribution < 1.29 is 23.9 Å². The fourth-order valence-electron chi connectivity index (χ4n) is 3.71. The fourth-order valence-corrected chi connectivity index (χ4v) is 3.71. The van der Waals surface area contributed by atoms with Crippen LogP contribution >= 0.6 is 0 Å². The average molecular weight is 429 g/mol. The second kappa shape index (κ2) is 9.65. The number of aryl methyl sites for hydroxylation is 1. The van der Waals surface area contributed by atoms with Crippen LogP contribution in [0.15, 0.2) is 30.3 Å². The molecule has 1 fully saturated rings. The summed E-state index contributed by atoms with van der Waals surface area (Å²) in [4.78, 5) is 26.0. The molecule has 0 saturated carbocycles. The monoisotopic (exact) mass is 429 g/mol. The Kier molecular flexibility index (Phi) is 6.96. The van der Waals surface area contributed by atoms with Crippen LogP contribution in [0.5, 0.6) is 11.5 Å². The van der Waals surface area contributed by atoms with Crippen molar-refractivity contribution in [2.24, 2.45) is 0 Å². The molecule has 1 atom stereocenters. The maximum absolute atomic E-state index is 13.2. The molecule has 0 unspecified atom stereocenters. The van der Waals surface area contributed by atoms with E-state index in [1.807, 2.05) is 30.9 Å². The van der Waals surface area contributed by atoms with Gasteiger partial charge in [0.25, 0.3) is 11.6 Å². The number of carbonyl (C=O) groups is 1. The van der Waals surface area contributed by atoms with Crippen molar-refractivity contribution in [3.05, 3.63) is 57.1 Å². The maximum Gasteiger partial charge on any atom is 0.270 e. The summed E-state index contributed by atoms with van der Waals surface area (Å²) < 4.78 is 16.1. The van der Waals surface area contributed by atoms with E-state index < -0.39 is 4.92 Å². The molecule has 2 aromatic rings. The average Bonchev–Trinajstić information content (AvgIpc) is 2.78. The lowest BCUT2D eigenvalue weighted by Crippen LogP contribution is -2.38. The van der Waals surface area contributed by atoms with Crippen molar-refractivity contribution in [3.63, 3.8) is 0 Å². The summed E-state index contributed by atoms with van der Waals surface area (Å²) in [7, 11) is 3.12. The van der Waals surface area contributed by atoms with Gasteiger partial charge in [-0.1, -0.05) is 0 Å². The molecule has 0 spiro atoms. The third kappa shape index (κ3) is 4.88. The van der Waals surface area contributed by atoms with Crippen LogP contribution in [-0.2, 0) is 4.74 Å². The normalized spacial score (nSPS) is 14.6. The summed E-state index contributed by atoms with van der Waals surface area (Å²) in [5.41, 5.74) is 2.59. The molecule has 1 aliphatic rings. The highest BCUT2D eigenvalue weighted by molar-refractivity contribution is 6.00. The third-order valence-corrected chi connectivity index (χ3v) is 5.37. The molecule has 9 nitrogen and oxygen atoms in total. The van der Waals surface area contributed by atoms with Crippen molar-refractivity contribution in [1.82, 2.24) is 5.32 Å². The van der Waals surface area contributed by atoms with E-state index in [2.05, 4.69) is 5.32 Å². The Balaban J connectivity index is 1.91. The lowest BCUT2D eigenvalue weighted by Gasteiger charge is -2.30.